The number of methoxy groups -OCH3 is 1. The van der Waals surface area contributed by atoms with E-state index in [0.29, 0.717) is 17.9 Å². The first kappa shape index (κ1) is 20.0. The second kappa shape index (κ2) is 8.95. The molecule has 8 heteroatoms. The van der Waals surface area contributed by atoms with Crippen molar-refractivity contribution in [1.82, 2.24) is 4.98 Å². The monoisotopic (exact) mass is 422 g/mol. The van der Waals surface area contributed by atoms with E-state index in [1.54, 1.807) is 47.4 Å². The molecule has 5 nitrogen and oxygen atoms in total. The number of nitrogens with zero attached hydrogens (tertiary/aromatic N) is 1. The van der Waals surface area contributed by atoms with Crippen LogP contribution in [0.25, 0.3) is 10.2 Å². The molecule has 0 fully saturated rings. The van der Waals surface area contributed by atoms with Gasteiger partial charge in [-0.05, 0) is 49.6 Å². The standard InChI is InChI=1S/C19H22N2O3S3/c1-14-9-10-18-16(13-14)20-19(26-18)25-11-5-6-12-27(22,23)21-15-7-3-4-8-17(15)24-2/h3-4,7-10,13,21H,5-6,11-12H2,1-2H3. The van der Waals surface area contributed by atoms with Crippen LogP contribution in [-0.2, 0) is 10.0 Å². The van der Waals surface area contributed by atoms with Crippen molar-refractivity contribution >= 4 is 49.0 Å². The molecule has 27 heavy (non-hydrogen) atoms. The van der Waals surface area contributed by atoms with Gasteiger partial charge in [-0.25, -0.2) is 13.4 Å². The van der Waals surface area contributed by atoms with Gasteiger partial charge in [-0.1, -0.05) is 30.0 Å². The van der Waals surface area contributed by atoms with Crippen molar-refractivity contribution in [3.8, 4) is 5.75 Å². The lowest BCUT2D eigenvalue weighted by Gasteiger charge is -2.11. The van der Waals surface area contributed by atoms with Crippen molar-refractivity contribution in [2.75, 3.05) is 23.3 Å². The molecule has 1 N–H and O–H groups in total. The zero-order valence-electron chi connectivity index (χ0n) is 15.3. The van der Waals surface area contributed by atoms with E-state index in [0.717, 1.165) is 22.0 Å². The van der Waals surface area contributed by atoms with E-state index in [-0.39, 0.29) is 5.75 Å². The van der Waals surface area contributed by atoms with Gasteiger partial charge >= 0.3 is 0 Å². The summed E-state index contributed by atoms with van der Waals surface area (Å²) in [5.74, 6) is 1.45. The van der Waals surface area contributed by atoms with Crippen LogP contribution in [0, 0.1) is 6.92 Å². The van der Waals surface area contributed by atoms with Crippen LogP contribution in [-0.4, -0.2) is 32.0 Å². The number of hydrogen-bond acceptors (Lipinski definition) is 6. The molecule has 1 aromatic heterocycles. The maximum Gasteiger partial charge on any atom is 0.232 e. The zero-order valence-corrected chi connectivity index (χ0v) is 17.7. The topological polar surface area (TPSA) is 68.3 Å². The number of thioether (sulfide) groups is 1. The predicted octanol–water partition coefficient (Wildman–Crippen LogP) is 4.93. The van der Waals surface area contributed by atoms with E-state index in [4.69, 9.17) is 4.74 Å². The Morgan fingerprint density at radius 2 is 2.00 bits per heavy atom. The Kier molecular flexibility index (Phi) is 6.62. The molecule has 0 bridgehead atoms. The molecule has 0 amide bonds. The number of unbranched alkanes of at least 4 members (excludes halogenated alkanes) is 1. The molecular weight excluding hydrogens is 400 g/mol. The zero-order chi connectivity index (χ0) is 19.3. The highest BCUT2D eigenvalue weighted by Gasteiger charge is 2.13. The van der Waals surface area contributed by atoms with Crippen LogP contribution in [0.4, 0.5) is 5.69 Å². The summed E-state index contributed by atoms with van der Waals surface area (Å²) in [6.45, 7) is 2.06. The summed E-state index contributed by atoms with van der Waals surface area (Å²) in [6, 6.07) is 13.3. The molecule has 0 aliphatic heterocycles. The molecule has 0 spiro atoms. The Morgan fingerprint density at radius 1 is 1.19 bits per heavy atom. The molecule has 0 unspecified atom stereocenters. The van der Waals surface area contributed by atoms with Crippen molar-refractivity contribution in [3.05, 3.63) is 48.0 Å². The number of aryl methyl sites for hydroxylation is 1. The third-order valence-corrected chi connectivity index (χ3v) is 7.55. The number of rotatable bonds is 9. The average molecular weight is 423 g/mol. The number of benzene rings is 2. The second-order valence-electron chi connectivity index (χ2n) is 6.13. The van der Waals surface area contributed by atoms with Gasteiger partial charge in [-0.3, -0.25) is 4.72 Å². The Hall–Kier alpha value is -1.77. The Bertz CT molecular complexity index is 1020. The number of aromatic nitrogens is 1. The molecule has 0 aliphatic rings. The van der Waals surface area contributed by atoms with Gasteiger partial charge in [0.15, 0.2) is 4.34 Å². The summed E-state index contributed by atoms with van der Waals surface area (Å²) in [6.07, 6.45) is 1.41. The number of sulfonamides is 1. The minimum absolute atomic E-state index is 0.0879. The van der Waals surface area contributed by atoms with Crippen molar-refractivity contribution in [2.24, 2.45) is 0 Å². The van der Waals surface area contributed by atoms with Crippen molar-refractivity contribution in [2.45, 2.75) is 24.1 Å². The molecule has 0 atom stereocenters. The van der Waals surface area contributed by atoms with E-state index in [1.165, 1.54) is 17.4 Å². The second-order valence-corrected chi connectivity index (χ2v) is 10.3. The summed E-state index contributed by atoms with van der Waals surface area (Å²) in [5.41, 5.74) is 2.71. The first-order valence-electron chi connectivity index (χ1n) is 8.60. The largest absolute Gasteiger partial charge is 0.495 e. The summed E-state index contributed by atoms with van der Waals surface area (Å²) in [4.78, 5) is 4.63. The van der Waals surface area contributed by atoms with Crippen LogP contribution in [0.15, 0.2) is 46.8 Å². The van der Waals surface area contributed by atoms with E-state index >= 15 is 0 Å². The third kappa shape index (κ3) is 5.60. The summed E-state index contributed by atoms with van der Waals surface area (Å²) in [5, 5.41) is 0. The van der Waals surface area contributed by atoms with Gasteiger partial charge < -0.3 is 4.74 Å². The Morgan fingerprint density at radius 3 is 2.81 bits per heavy atom. The van der Waals surface area contributed by atoms with Crippen molar-refractivity contribution in [1.29, 1.82) is 0 Å². The Labute approximate surface area is 168 Å². The number of hydrogen-bond donors (Lipinski definition) is 1. The van der Waals surface area contributed by atoms with Crippen molar-refractivity contribution in [3.63, 3.8) is 0 Å². The number of para-hydroxylation sites is 2. The number of ether oxygens (including phenoxy) is 1. The Balaban J connectivity index is 1.46. The molecule has 0 saturated heterocycles. The molecule has 1 heterocycles. The van der Waals surface area contributed by atoms with E-state index in [1.807, 2.05) is 0 Å². The van der Waals surface area contributed by atoms with Gasteiger partial charge in [-0.2, -0.15) is 0 Å². The predicted molar refractivity (Wildman–Crippen MR) is 115 cm³/mol. The van der Waals surface area contributed by atoms with Gasteiger partial charge in [-0.15, -0.1) is 11.3 Å². The fraction of sp³-hybridized carbons (Fsp3) is 0.316. The molecule has 0 saturated carbocycles. The highest BCUT2D eigenvalue weighted by molar-refractivity contribution is 8.01. The minimum atomic E-state index is -3.39. The smallest absolute Gasteiger partial charge is 0.232 e. The highest BCUT2D eigenvalue weighted by Crippen LogP contribution is 2.30. The molecule has 2 aromatic carbocycles. The highest BCUT2D eigenvalue weighted by atomic mass is 32.2. The number of thiazole rings is 1. The molecule has 0 radical (unpaired) electrons. The van der Waals surface area contributed by atoms with Gasteiger partial charge in [0.1, 0.15) is 5.75 Å². The molecule has 3 aromatic rings. The number of fused-ring (bicyclic) bond motifs is 1. The van der Waals surface area contributed by atoms with Crippen LogP contribution in [0.2, 0.25) is 0 Å². The first-order valence-corrected chi connectivity index (χ1v) is 12.1. The van der Waals surface area contributed by atoms with Crippen LogP contribution in [0.3, 0.4) is 0 Å². The van der Waals surface area contributed by atoms with Crippen molar-refractivity contribution < 1.29 is 13.2 Å². The van der Waals surface area contributed by atoms with Crippen LogP contribution >= 0.6 is 23.1 Å². The quantitative estimate of drug-likeness (QED) is 0.391. The van der Waals surface area contributed by atoms with Gasteiger partial charge in [0, 0.05) is 5.75 Å². The number of anilines is 1. The minimum Gasteiger partial charge on any atom is -0.495 e. The first-order chi connectivity index (χ1) is 13.0. The van der Waals surface area contributed by atoms with Crippen LogP contribution < -0.4 is 9.46 Å². The van der Waals surface area contributed by atoms with E-state index in [9.17, 15) is 8.42 Å². The van der Waals surface area contributed by atoms with Crippen LogP contribution in [0.5, 0.6) is 5.75 Å². The third-order valence-electron chi connectivity index (χ3n) is 3.93. The fourth-order valence-electron chi connectivity index (χ4n) is 2.58. The lowest BCUT2D eigenvalue weighted by atomic mass is 10.2. The van der Waals surface area contributed by atoms with Gasteiger partial charge in [0.2, 0.25) is 10.0 Å². The van der Waals surface area contributed by atoms with E-state index < -0.39 is 10.0 Å². The molecular formula is C19H22N2O3S3. The molecule has 144 valence electrons. The number of nitrogens with one attached hydrogen (secondary N) is 1. The average Bonchev–Trinajstić information content (AvgIpc) is 3.03. The fourth-order valence-corrected chi connectivity index (χ4v) is 5.89. The summed E-state index contributed by atoms with van der Waals surface area (Å²) >= 11 is 3.37. The maximum atomic E-state index is 12.3. The SMILES string of the molecule is COc1ccccc1NS(=O)(=O)CCCCSc1nc2cc(C)ccc2s1. The summed E-state index contributed by atoms with van der Waals surface area (Å²) in [7, 11) is -1.87. The van der Waals surface area contributed by atoms with E-state index in [2.05, 4.69) is 34.8 Å². The summed E-state index contributed by atoms with van der Waals surface area (Å²) < 4.78 is 34.5. The van der Waals surface area contributed by atoms with Gasteiger partial charge in [0.05, 0.1) is 28.8 Å². The van der Waals surface area contributed by atoms with Crippen LogP contribution in [0.1, 0.15) is 18.4 Å². The lowest BCUT2D eigenvalue weighted by Crippen LogP contribution is -2.17. The molecule has 0 aliphatic carbocycles. The lowest BCUT2D eigenvalue weighted by molar-refractivity contribution is 0.417. The van der Waals surface area contributed by atoms with Gasteiger partial charge in [0.25, 0.3) is 0 Å². The normalized spacial score (nSPS) is 11.6. The molecule has 3 rings (SSSR count). The maximum absolute atomic E-state index is 12.3.